The molecular weight excluding hydrogens is 995 g/mol. The van der Waals surface area contributed by atoms with E-state index in [2.05, 4.69) is 23.9 Å². The summed E-state index contributed by atoms with van der Waals surface area (Å²) in [6.07, 6.45) is 12.3. The number of thiol groups is 1. The molecule has 0 unspecified atom stereocenters. The predicted octanol–water partition coefficient (Wildman–Crippen LogP) is 8.69. The van der Waals surface area contributed by atoms with Crippen LogP contribution in [0.4, 0.5) is 0 Å². The number of carboxylic acids is 1. The highest BCUT2D eigenvalue weighted by Gasteiger charge is 2.13. The van der Waals surface area contributed by atoms with Crippen molar-refractivity contribution in [1.82, 2.24) is 5.32 Å². The third-order valence-corrected chi connectivity index (χ3v) is 11.2. The highest BCUT2D eigenvalue weighted by molar-refractivity contribution is 7.80. The number of aryl methyl sites for hydroxylation is 4. The van der Waals surface area contributed by atoms with Gasteiger partial charge >= 0.3 is 11.6 Å². The van der Waals surface area contributed by atoms with E-state index in [4.69, 9.17) is 25.4 Å². The van der Waals surface area contributed by atoms with Crippen LogP contribution in [0.25, 0.3) is 21.7 Å². The van der Waals surface area contributed by atoms with Gasteiger partial charge in [0.05, 0.1) is 31.9 Å². The summed E-state index contributed by atoms with van der Waals surface area (Å²) < 4.78 is 15.2. The number of carbonyl (C=O) groups is 10. The van der Waals surface area contributed by atoms with Gasteiger partial charge in [-0.15, -0.1) is 6.42 Å². The highest BCUT2D eigenvalue weighted by atomic mass is 32.1. The van der Waals surface area contributed by atoms with Crippen LogP contribution in [0.5, 0.6) is 11.5 Å². The number of ether oxygens (including phenoxy) is 2. The Morgan fingerprint density at radius 3 is 1.53 bits per heavy atom. The lowest BCUT2D eigenvalue weighted by molar-refractivity contribution is -0.137. The molecule has 0 spiro atoms. The molecule has 76 heavy (non-hydrogen) atoms. The van der Waals surface area contributed by atoms with Crippen LogP contribution < -0.4 is 20.4 Å². The molecule has 0 aliphatic carbocycles. The number of aldehydes is 8. The molecule has 0 saturated carbocycles. The topological polar surface area (TPSA) is 252 Å². The lowest BCUT2D eigenvalue weighted by Gasteiger charge is -2.06. The summed E-state index contributed by atoms with van der Waals surface area (Å²) in [5, 5.41) is 13.8. The van der Waals surface area contributed by atoms with Gasteiger partial charge in [0, 0.05) is 57.7 Å². The van der Waals surface area contributed by atoms with Gasteiger partial charge in [-0.3, -0.25) is 47.9 Å². The van der Waals surface area contributed by atoms with Gasteiger partial charge in [0.25, 0.3) is 0 Å². The van der Waals surface area contributed by atoms with Crippen LogP contribution in [0.1, 0.15) is 118 Å². The first-order valence-electron chi connectivity index (χ1n) is 22.9. The molecule has 1 aromatic heterocycles. The number of rotatable bonds is 19. The summed E-state index contributed by atoms with van der Waals surface area (Å²) in [4.78, 5) is 118. The number of benzene rings is 6. The van der Waals surface area contributed by atoms with Crippen molar-refractivity contribution in [3.8, 4) is 23.8 Å². The smallest absolute Gasteiger partial charge is 0.336 e. The van der Waals surface area contributed by atoms with Gasteiger partial charge in [-0.25, -0.2) is 4.79 Å². The van der Waals surface area contributed by atoms with E-state index < -0.39 is 11.6 Å². The fourth-order valence-corrected chi connectivity index (χ4v) is 7.35. The van der Waals surface area contributed by atoms with Gasteiger partial charge in [0.1, 0.15) is 11.5 Å². The molecule has 1 heterocycles. The Kier molecular flexibility index (Phi) is 26.1. The van der Waals surface area contributed by atoms with Gasteiger partial charge in [-0.2, -0.15) is 12.6 Å². The Hall–Kier alpha value is -9.40. The number of nitrogens with one attached hydrogen (secondary N) is 1. The van der Waals surface area contributed by atoms with Gasteiger partial charge < -0.3 is 24.3 Å². The maximum absolute atomic E-state index is 11.3. The Labute approximate surface area is 442 Å². The number of aliphatic carboxylic acids is 1. The molecular formula is C59H53NO15S. The lowest BCUT2D eigenvalue weighted by Crippen LogP contribution is -2.23. The maximum Gasteiger partial charge on any atom is 0.336 e. The van der Waals surface area contributed by atoms with Crippen molar-refractivity contribution in [2.45, 2.75) is 39.0 Å². The van der Waals surface area contributed by atoms with Gasteiger partial charge in [0.15, 0.2) is 55.9 Å². The highest BCUT2D eigenvalue weighted by Crippen LogP contribution is 2.28. The minimum absolute atomic E-state index is 0.0126. The van der Waals surface area contributed by atoms with Crippen LogP contribution >= 0.6 is 12.6 Å². The third kappa shape index (κ3) is 18.3. The standard InChI is InChI=1S/C14H13NO3.C12H10O4.C12H10O2.C11H10O4.C10H10O2S/c1-2-7-15-14(18)6-4-11-3-5-12(9-16)13(8-11)10-17;1-7-5-11(14)16-12-8(7)3-4-10(15-2)9(12)6-13;1-14-12-7-6-9-4-2-3-5-10(9)11(12)8-13;12-6-9-3-1-8(2-4-11(14)15)5-10(9)7-13;11-6-9-2-1-8(3-4-13)5-10(9)7-12/h1,3,5,8-10H,4,6-7H2,(H,15,18);3-6H,1-2H3;2-8H,1H3;1,3,5-7H,2,4H2,(H,14,15);1-2,5-7,13H,3-4H2. The molecule has 2 N–H and O–H groups in total. The predicted molar refractivity (Wildman–Crippen MR) is 290 cm³/mol. The fraction of sp³-hybridized carbons (Fsp3) is 0.169. The summed E-state index contributed by atoms with van der Waals surface area (Å²) in [5.41, 5.74) is 6.27. The molecule has 0 radical (unpaired) electrons. The SMILES string of the molecule is C#CCNC(=O)CCc1ccc(C=O)c(C=O)c1.COc1ccc2c(C)cc(=O)oc2c1C=O.COc1ccc2ccccc2c1C=O.O=Cc1ccc(CCC(=O)O)cc1C=O.O=Cc1ccc(CCS)cc1C=O. The van der Waals surface area contributed by atoms with Gasteiger partial charge in [-0.05, 0) is 101 Å². The zero-order chi connectivity index (χ0) is 56.0. The van der Waals surface area contributed by atoms with Crippen LogP contribution in [0.3, 0.4) is 0 Å². The Morgan fingerprint density at radius 2 is 1.07 bits per heavy atom. The quantitative estimate of drug-likeness (QED) is 0.0296. The van der Waals surface area contributed by atoms with Crippen molar-refractivity contribution in [2.24, 2.45) is 0 Å². The van der Waals surface area contributed by atoms with E-state index >= 15 is 0 Å². The van der Waals surface area contributed by atoms with Crippen LogP contribution in [0, 0.1) is 19.3 Å². The normalized spacial score (nSPS) is 9.78. The largest absolute Gasteiger partial charge is 0.496 e. The maximum atomic E-state index is 11.3. The number of carboxylic acid groups (broad SMARTS) is 1. The number of amides is 1. The number of hydrogen-bond acceptors (Lipinski definition) is 15. The number of terminal acetylenes is 1. The van der Waals surface area contributed by atoms with E-state index in [0.29, 0.717) is 114 Å². The molecule has 0 atom stereocenters. The summed E-state index contributed by atoms with van der Waals surface area (Å²) in [6.45, 7) is 2.00. The molecule has 1 amide bonds. The van der Waals surface area contributed by atoms with E-state index in [1.54, 1.807) is 68.6 Å². The molecule has 16 nitrogen and oxygen atoms in total. The molecule has 0 aliphatic heterocycles. The Morgan fingerprint density at radius 1 is 0.592 bits per heavy atom. The lowest BCUT2D eigenvalue weighted by atomic mass is 10.0. The first kappa shape index (κ1) is 60.9. The van der Waals surface area contributed by atoms with E-state index in [1.165, 1.54) is 19.2 Å². The molecule has 390 valence electrons. The average Bonchev–Trinajstić information content (AvgIpc) is 3.45. The Bertz CT molecular complexity index is 3320. The third-order valence-electron chi connectivity index (χ3n) is 11.0. The van der Waals surface area contributed by atoms with Crippen molar-refractivity contribution in [3.05, 3.63) is 186 Å². The number of fused-ring (bicyclic) bond motifs is 2. The van der Waals surface area contributed by atoms with Crippen LogP contribution in [0.2, 0.25) is 0 Å². The minimum atomic E-state index is -0.887. The summed E-state index contributed by atoms with van der Waals surface area (Å²) in [6, 6.07) is 31.2. The van der Waals surface area contributed by atoms with Crippen LogP contribution in [-0.2, 0) is 28.9 Å². The van der Waals surface area contributed by atoms with Crippen LogP contribution in [-0.4, -0.2) is 93.8 Å². The van der Waals surface area contributed by atoms with Crippen LogP contribution in [0.15, 0.2) is 118 Å². The summed E-state index contributed by atoms with van der Waals surface area (Å²) in [7, 11) is 3.03. The van der Waals surface area contributed by atoms with Crippen molar-refractivity contribution in [3.63, 3.8) is 0 Å². The molecule has 17 heteroatoms. The second-order valence-corrected chi connectivity index (χ2v) is 16.3. The second kappa shape index (κ2) is 32.6. The first-order valence-corrected chi connectivity index (χ1v) is 23.6. The van der Waals surface area contributed by atoms with Gasteiger partial charge in [-0.1, -0.05) is 72.7 Å². The minimum Gasteiger partial charge on any atom is -0.496 e. The fourth-order valence-electron chi connectivity index (χ4n) is 7.09. The number of carbonyl (C=O) groups excluding carboxylic acids is 9. The molecule has 7 aromatic rings. The number of hydrogen-bond donors (Lipinski definition) is 3. The molecule has 0 bridgehead atoms. The molecule has 0 aliphatic rings. The van der Waals surface area contributed by atoms with E-state index in [-0.39, 0.29) is 30.0 Å². The first-order chi connectivity index (χ1) is 36.7. The van der Waals surface area contributed by atoms with Gasteiger partial charge in [0.2, 0.25) is 5.91 Å². The molecule has 6 aromatic carbocycles. The van der Waals surface area contributed by atoms with Crippen molar-refractivity contribution < 1.29 is 66.9 Å². The molecule has 0 fully saturated rings. The summed E-state index contributed by atoms with van der Waals surface area (Å²) >= 11 is 4.09. The second-order valence-electron chi connectivity index (χ2n) is 15.9. The zero-order valence-corrected chi connectivity index (χ0v) is 42.5. The van der Waals surface area contributed by atoms with Crippen molar-refractivity contribution >= 4 is 96.5 Å². The monoisotopic (exact) mass is 1050 g/mol. The molecule has 7 rings (SSSR count). The van der Waals surface area contributed by atoms with E-state index in [9.17, 15) is 52.7 Å². The van der Waals surface area contributed by atoms with E-state index in [1.807, 2.05) is 42.5 Å². The van der Waals surface area contributed by atoms with Crippen molar-refractivity contribution in [2.75, 3.05) is 26.5 Å². The zero-order valence-electron chi connectivity index (χ0n) is 41.6. The van der Waals surface area contributed by atoms with E-state index in [0.717, 1.165) is 56.9 Å². The summed E-state index contributed by atoms with van der Waals surface area (Å²) in [5.74, 6) is 3.05. The molecule has 0 saturated heterocycles. The van der Waals surface area contributed by atoms with Crippen molar-refractivity contribution in [1.29, 1.82) is 0 Å². The Balaban J connectivity index is 0.000000251. The average molecular weight is 1050 g/mol. The number of methoxy groups -OCH3 is 2.